The van der Waals surface area contributed by atoms with Gasteiger partial charge in [0.2, 0.25) is 0 Å². The van der Waals surface area contributed by atoms with E-state index in [9.17, 15) is 8.42 Å². The maximum atomic E-state index is 12.3. The first-order valence-corrected chi connectivity index (χ1v) is 8.46. The molecule has 0 spiro atoms. The molecule has 1 aromatic rings. The summed E-state index contributed by atoms with van der Waals surface area (Å²) in [5, 5.41) is 0. The highest BCUT2D eigenvalue weighted by atomic mass is 32.2. The highest BCUT2D eigenvalue weighted by molar-refractivity contribution is 7.87. The first-order valence-electron chi connectivity index (χ1n) is 7.02. The lowest BCUT2D eigenvalue weighted by Gasteiger charge is -2.30. The Balaban J connectivity index is 1.98. The van der Waals surface area contributed by atoms with Crippen LogP contribution >= 0.6 is 0 Å². The van der Waals surface area contributed by atoms with Gasteiger partial charge in [0.15, 0.2) is 0 Å². The molecule has 1 aromatic carbocycles. The molecule has 0 aromatic heterocycles. The van der Waals surface area contributed by atoms with E-state index in [1.165, 1.54) is 4.31 Å². The number of nitrogens with one attached hydrogen (secondary N) is 1. The van der Waals surface area contributed by atoms with Gasteiger partial charge in [0.1, 0.15) is 0 Å². The van der Waals surface area contributed by atoms with Crippen LogP contribution in [0.1, 0.15) is 31.2 Å². The van der Waals surface area contributed by atoms with Gasteiger partial charge in [-0.3, -0.25) is 0 Å². The van der Waals surface area contributed by atoms with Crippen molar-refractivity contribution in [2.45, 2.75) is 44.3 Å². The number of rotatable bonds is 5. The van der Waals surface area contributed by atoms with Crippen LogP contribution in [-0.2, 0) is 16.8 Å². The van der Waals surface area contributed by atoms with Gasteiger partial charge in [-0.2, -0.15) is 17.4 Å². The first kappa shape index (κ1) is 15.4. The predicted octanol–water partition coefficient (Wildman–Crippen LogP) is 1.22. The molecule has 1 aliphatic carbocycles. The van der Waals surface area contributed by atoms with E-state index in [1.54, 1.807) is 7.05 Å². The second-order valence-corrected chi connectivity index (χ2v) is 7.23. The van der Waals surface area contributed by atoms with Gasteiger partial charge in [0.05, 0.1) is 0 Å². The van der Waals surface area contributed by atoms with Gasteiger partial charge >= 0.3 is 0 Å². The topological polar surface area (TPSA) is 75.4 Å². The van der Waals surface area contributed by atoms with Crippen LogP contribution in [0.2, 0.25) is 0 Å². The third kappa shape index (κ3) is 4.02. The fourth-order valence-electron chi connectivity index (χ4n) is 2.51. The quantitative estimate of drug-likeness (QED) is 0.858. The average molecular weight is 297 g/mol. The second-order valence-electron chi connectivity index (χ2n) is 5.42. The Labute approximate surface area is 121 Å². The number of benzene rings is 1. The predicted molar refractivity (Wildman–Crippen MR) is 80.2 cm³/mol. The molecule has 1 saturated carbocycles. The number of nitrogens with two attached hydrogens (primary N) is 1. The molecule has 2 unspecified atom stereocenters. The third-order valence-electron chi connectivity index (χ3n) is 3.78. The fraction of sp³-hybridized carbons (Fsp3) is 0.571. The van der Waals surface area contributed by atoms with Crippen molar-refractivity contribution in [3.8, 4) is 0 Å². The van der Waals surface area contributed by atoms with Crippen LogP contribution < -0.4 is 10.5 Å². The Hall–Kier alpha value is -0.950. The largest absolute Gasteiger partial charge is 0.326 e. The van der Waals surface area contributed by atoms with Crippen LogP contribution in [0.15, 0.2) is 30.3 Å². The van der Waals surface area contributed by atoms with E-state index in [-0.39, 0.29) is 12.1 Å². The third-order valence-corrected chi connectivity index (χ3v) is 5.33. The smallest absolute Gasteiger partial charge is 0.279 e. The minimum Gasteiger partial charge on any atom is -0.326 e. The molecule has 6 heteroatoms. The molecule has 0 heterocycles. The van der Waals surface area contributed by atoms with Gasteiger partial charge in [-0.15, -0.1) is 0 Å². The van der Waals surface area contributed by atoms with Crippen molar-refractivity contribution in [1.82, 2.24) is 9.03 Å². The Morgan fingerprint density at radius 3 is 2.55 bits per heavy atom. The van der Waals surface area contributed by atoms with E-state index in [1.807, 2.05) is 30.3 Å². The molecule has 0 saturated heterocycles. The molecule has 0 bridgehead atoms. The van der Waals surface area contributed by atoms with Crippen LogP contribution in [0, 0.1) is 0 Å². The molecular formula is C14H23N3O2S. The Kier molecular flexibility index (Phi) is 5.15. The van der Waals surface area contributed by atoms with Crippen molar-refractivity contribution < 1.29 is 8.42 Å². The minimum atomic E-state index is -3.49. The molecule has 20 heavy (non-hydrogen) atoms. The Morgan fingerprint density at radius 2 is 1.90 bits per heavy atom. The molecule has 5 nitrogen and oxygen atoms in total. The number of nitrogens with zero attached hydrogens (tertiary/aromatic N) is 1. The zero-order valence-electron chi connectivity index (χ0n) is 11.8. The molecule has 0 radical (unpaired) electrons. The lowest BCUT2D eigenvalue weighted by atomic mass is 9.92. The summed E-state index contributed by atoms with van der Waals surface area (Å²) in [6.07, 6.45) is 3.82. The SMILES string of the molecule is CN(Cc1ccccc1)S(=O)(=O)NC1CCCCC1N. The summed E-state index contributed by atoms with van der Waals surface area (Å²) in [5.74, 6) is 0. The monoisotopic (exact) mass is 297 g/mol. The lowest BCUT2D eigenvalue weighted by Crippen LogP contribution is -2.52. The van der Waals surface area contributed by atoms with E-state index >= 15 is 0 Å². The van der Waals surface area contributed by atoms with E-state index in [0.29, 0.717) is 6.54 Å². The van der Waals surface area contributed by atoms with Crippen LogP contribution in [0.3, 0.4) is 0 Å². The summed E-state index contributed by atoms with van der Waals surface area (Å²) in [4.78, 5) is 0. The molecule has 2 atom stereocenters. The first-order chi connectivity index (χ1) is 9.49. The van der Waals surface area contributed by atoms with E-state index in [4.69, 9.17) is 5.73 Å². The van der Waals surface area contributed by atoms with Crippen LogP contribution in [0.25, 0.3) is 0 Å². The molecule has 112 valence electrons. The summed E-state index contributed by atoms with van der Waals surface area (Å²) >= 11 is 0. The number of hydrogen-bond acceptors (Lipinski definition) is 3. The highest BCUT2D eigenvalue weighted by Crippen LogP contribution is 2.18. The van der Waals surface area contributed by atoms with Crippen molar-refractivity contribution >= 4 is 10.2 Å². The molecule has 2 rings (SSSR count). The summed E-state index contributed by atoms with van der Waals surface area (Å²) in [7, 11) is -1.90. The summed E-state index contributed by atoms with van der Waals surface area (Å²) in [5.41, 5.74) is 6.96. The molecular weight excluding hydrogens is 274 g/mol. The van der Waals surface area contributed by atoms with Crippen molar-refractivity contribution in [3.05, 3.63) is 35.9 Å². The normalized spacial score (nSPS) is 23.9. The van der Waals surface area contributed by atoms with Gasteiger partial charge in [-0.05, 0) is 18.4 Å². The average Bonchev–Trinajstić information content (AvgIpc) is 2.42. The van der Waals surface area contributed by atoms with E-state index in [0.717, 1.165) is 31.2 Å². The molecule has 0 amide bonds. The minimum absolute atomic E-state index is 0.0800. The summed E-state index contributed by atoms with van der Waals surface area (Å²) in [6.45, 7) is 0.359. The highest BCUT2D eigenvalue weighted by Gasteiger charge is 2.28. The van der Waals surface area contributed by atoms with Gasteiger partial charge in [0.25, 0.3) is 10.2 Å². The number of hydrogen-bond donors (Lipinski definition) is 2. The van der Waals surface area contributed by atoms with Gasteiger partial charge in [0, 0.05) is 25.7 Å². The summed E-state index contributed by atoms with van der Waals surface area (Å²) in [6, 6.07) is 9.32. The summed E-state index contributed by atoms with van der Waals surface area (Å²) < 4.78 is 28.7. The van der Waals surface area contributed by atoms with Gasteiger partial charge in [-0.1, -0.05) is 43.2 Å². The molecule has 3 N–H and O–H groups in total. The van der Waals surface area contributed by atoms with E-state index in [2.05, 4.69) is 4.72 Å². The zero-order valence-corrected chi connectivity index (χ0v) is 12.6. The Morgan fingerprint density at radius 1 is 1.25 bits per heavy atom. The van der Waals surface area contributed by atoms with Crippen LogP contribution in [0.4, 0.5) is 0 Å². The zero-order chi connectivity index (χ0) is 14.6. The van der Waals surface area contributed by atoms with Crippen molar-refractivity contribution in [2.75, 3.05) is 7.05 Å². The van der Waals surface area contributed by atoms with Crippen LogP contribution in [0.5, 0.6) is 0 Å². The van der Waals surface area contributed by atoms with E-state index < -0.39 is 10.2 Å². The molecule has 1 aliphatic rings. The molecule has 1 fully saturated rings. The standard InChI is InChI=1S/C14H23N3O2S/c1-17(11-12-7-3-2-4-8-12)20(18,19)16-14-10-6-5-9-13(14)15/h2-4,7-8,13-14,16H,5-6,9-11,15H2,1H3. The van der Waals surface area contributed by atoms with Gasteiger partial charge in [-0.25, -0.2) is 0 Å². The second kappa shape index (κ2) is 6.67. The Bertz CT molecular complexity index is 518. The van der Waals surface area contributed by atoms with Crippen molar-refractivity contribution in [2.24, 2.45) is 5.73 Å². The van der Waals surface area contributed by atoms with Gasteiger partial charge < -0.3 is 5.73 Å². The fourth-order valence-corrected chi connectivity index (χ4v) is 3.69. The van der Waals surface area contributed by atoms with Crippen molar-refractivity contribution in [3.63, 3.8) is 0 Å². The van der Waals surface area contributed by atoms with Crippen LogP contribution in [-0.4, -0.2) is 31.9 Å². The lowest BCUT2D eigenvalue weighted by molar-refractivity contribution is 0.349. The maximum Gasteiger partial charge on any atom is 0.279 e. The molecule has 0 aliphatic heterocycles. The van der Waals surface area contributed by atoms with Crippen molar-refractivity contribution in [1.29, 1.82) is 0 Å². The maximum absolute atomic E-state index is 12.3.